The van der Waals surface area contributed by atoms with E-state index in [4.69, 9.17) is 4.74 Å². The molecular formula is C26H28N6O2. The molecule has 0 radical (unpaired) electrons. The monoisotopic (exact) mass is 456 g/mol. The maximum absolute atomic E-state index is 13.5. The van der Waals surface area contributed by atoms with Gasteiger partial charge in [-0.05, 0) is 57.2 Å². The second-order valence-electron chi connectivity index (χ2n) is 8.90. The Morgan fingerprint density at radius 1 is 1.06 bits per heavy atom. The SMILES string of the molecule is COc1ncc2c(N3C[C@@H](C)N[C@@H](C)C3)ccc(C(=O)Nc3cccc4nc(C)ccc34)c2n1. The van der Waals surface area contributed by atoms with Crippen LogP contribution in [0, 0.1) is 6.92 Å². The van der Waals surface area contributed by atoms with Crippen molar-refractivity contribution in [3.8, 4) is 6.01 Å². The first-order chi connectivity index (χ1) is 16.4. The Morgan fingerprint density at radius 2 is 1.85 bits per heavy atom. The molecule has 8 heteroatoms. The van der Waals surface area contributed by atoms with Gasteiger partial charge in [-0.25, -0.2) is 4.98 Å². The molecule has 2 N–H and O–H groups in total. The van der Waals surface area contributed by atoms with E-state index in [9.17, 15) is 4.79 Å². The largest absolute Gasteiger partial charge is 0.467 e. The number of hydrogen-bond acceptors (Lipinski definition) is 7. The number of aromatic nitrogens is 3. The number of ether oxygens (including phenoxy) is 1. The van der Waals surface area contributed by atoms with Gasteiger partial charge in [-0.3, -0.25) is 9.78 Å². The summed E-state index contributed by atoms with van der Waals surface area (Å²) in [6.45, 7) is 8.02. The number of methoxy groups -OCH3 is 1. The van der Waals surface area contributed by atoms with Gasteiger partial charge in [0.15, 0.2) is 0 Å². The van der Waals surface area contributed by atoms with Gasteiger partial charge in [0, 0.05) is 53.5 Å². The highest BCUT2D eigenvalue weighted by atomic mass is 16.5. The molecule has 3 heterocycles. The zero-order valence-corrected chi connectivity index (χ0v) is 19.8. The average molecular weight is 457 g/mol. The van der Waals surface area contributed by atoms with E-state index in [2.05, 4.69) is 44.3 Å². The molecule has 0 aliphatic carbocycles. The molecular weight excluding hydrogens is 428 g/mol. The van der Waals surface area contributed by atoms with Crippen molar-refractivity contribution in [3.05, 3.63) is 59.9 Å². The number of aryl methyl sites for hydroxylation is 1. The second-order valence-corrected chi connectivity index (χ2v) is 8.90. The van der Waals surface area contributed by atoms with Crippen LogP contribution in [0.3, 0.4) is 0 Å². The number of rotatable bonds is 4. The average Bonchev–Trinajstić information content (AvgIpc) is 2.82. The van der Waals surface area contributed by atoms with Crippen molar-refractivity contribution in [1.29, 1.82) is 0 Å². The summed E-state index contributed by atoms with van der Waals surface area (Å²) in [5, 5.41) is 8.33. The van der Waals surface area contributed by atoms with Gasteiger partial charge in [0.25, 0.3) is 5.91 Å². The maximum Gasteiger partial charge on any atom is 0.316 e. The molecule has 0 spiro atoms. The fourth-order valence-corrected chi connectivity index (χ4v) is 4.73. The molecule has 1 aliphatic rings. The summed E-state index contributed by atoms with van der Waals surface area (Å²) in [6.07, 6.45) is 1.75. The van der Waals surface area contributed by atoms with Crippen molar-refractivity contribution in [3.63, 3.8) is 0 Å². The number of carbonyl (C=O) groups is 1. The van der Waals surface area contributed by atoms with Gasteiger partial charge in [0.1, 0.15) is 0 Å². The molecule has 1 aliphatic heterocycles. The van der Waals surface area contributed by atoms with Crippen molar-refractivity contribution >= 4 is 39.1 Å². The van der Waals surface area contributed by atoms with E-state index in [0.717, 1.165) is 40.8 Å². The van der Waals surface area contributed by atoms with Crippen LogP contribution in [-0.2, 0) is 0 Å². The van der Waals surface area contributed by atoms with Crippen LogP contribution in [0.15, 0.2) is 48.7 Å². The first kappa shape index (κ1) is 22.0. The molecule has 1 fully saturated rings. The number of piperazine rings is 1. The van der Waals surface area contributed by atoms with Gasteiger partial charge in [-0.2, -0.15) is 4.98 Å². The Hall–Kier alpha value is -3.78. The van der Waals surface area contributed by atoms with E-state index < -0.39 is 0 Å². The number of hydrogen-bond donors (Lipinski definition) is 2. The molecule has 174 valence electrons. The molecule has 0 unspecified atom stereocenters. The molecule has 1 amide bonds. The number of amides is 1. The highest BCUT2D eigenvalue weighted by molar-refractivity contribution is 6.15. The molecule has 0 saturated carbocycles. The highest BCUT2D eigenvalue weighted by Crippen LogP contribution is 2.31. The topological polar surface area (TPSA) is 92.3 Å². The number of nitrogens with zero attached hydrogens (tertiary/aromatic N) is 4. The van der Waals surface area contributed by atoms with Crippen LogP contribution in [0.4, 0.5) is 11.4 Å². The standard InChI is InChI=1S/C26H28N6O2/c1-15-8-9-18-21(29-15)6-5-7-22(18)30-25(33)19-10-11-23(32-13-16(2)28-17(3)14-32)20-12-27-26(34-4)31-24(19)20/h5-12,16-17,28H,13-14H2,1-4H3,(H,30,33)/t16-,17+. The highest BCUT2D eigenvalue weighted by Gasteiger charge is 2.24. The van der Waals surface area contributed by atoms with Gasteiger partial charge < -0.3 is 20.3 Å². The Balaban J connectivity index is 1.56. The van der Waals surface area contributed by atoms with Crippen molar-refractivity contribution in [1.82, 2.24) is 20.3 Å². The lowest BCUT2D eigenvalue weighted by Gasteiger charge is -2.38. The molecule has 2 atom stereocenters. The van der Waals surface area contributed by atoms with E-state index in [1.807, 2.05) is 49.4 Å². The lowest BCUT2D eigenvalue weighted by atomic mass is 10.0. The fourth-order valence-electron chi connectivity index (χ4n) is 4.73. The Bertz CT molecular complexity index is 1380. The van der Waals surface area contributed by atoms with Crippen LogP contribution in [-0.4, -0.2) is 53.1 Å². The van der Waals surface area contributed by atoms with Crippen LogP contribution < -0.4 is 20.3 Å². The van der Waals surface area contributed by atoms with Crippen molar-refractivity contribution in [2.75, 3.05) is 30.4 Å². The lowest BCUT2D eigenvalue weighted by Crippen LogP contribution is -2.54. The molecule has 2 aromatic carbocycles. The minimum atomic E-state index is -0.243. The molecule has 8 nitrogen and oxygen atoms in total. The smallest absolute Gasteiger partial charge is 0.316 e. The van der Waals surface area contributed by atoms with Gasteiger partial charge in [-0.1, -0.05) is 6.07 Å². The Kier molecular flexibility index (Phi) is 5.75. The molecule has 0 bridgehead atoms. The molecule has 4 aromatic rings. The predicted octanol–water partition coefficient (Wildman–Crippen LogP) is 3.93. The van der Waals surface area contributed by atoms with E-state index in [1.54, 1.807) is 6.20 Å². The van der Waals surface area contributed by atoms with Crippen molar-refractivity contribution in [2.24, 2.45) is 0 Å². The van der Waals surface area contributed by atoms with Gasteiger partial charge in [0.05, 0.1) is 29.4 Å². The van der Waals surface area contributed by atoms with E-state index in [1.165, 1.54) is 7.11 Å². The molecule has 2 aromatic heterocycles. The summed E-state index contributed by atoms with van der Waals surface area (Å²) in [7, 11) is 1.52. The molecule has 5 rings (SSSR count). The predicted molar refractivity (Wildman–Crippen MR) is 135 cm³/mol. The van der Waals surface area contributed by atoms with Gasteiger partial charge in [0.2, 0.25) is 0 Å². The molecule has 34 heavy (non-hydrogen) atoms. The number of benzene rings is 2. The summed E-state index contributed by atoms with van der Waals surface area (Å²) >= 11 is 0. The number of carbonyl (C=O) groups excluding carboxylic acids is 1. The Morgan fingerprint density at radius 3 is 2.62 bits per heavy atom. The van der Waals surface area contributed by atoms with Crippen molar-refractivity contribution < 1.29 is 9.53 Å². The summed E-state index contributed by atoms with van der Waals surface area (Å²) < 4.78 is 5.28. The minimum absolute atomic E-state index is 0.227. The first-order valence-corrected chi connectivity index (χ1v) is 11.5. The number of anilines is 2. The summed E-state index contributed by atoms with van der Waals surface area (Å²) in [5.41, 5.74) is 4.52. The van der Waals surface area contributed by atoms with Gasteiger partial charge in [-0.15, -0.1) is 0 Å². The third-order valence-corrected chi connectivity index (χ3v) is 6.15. The summed E-state index contributed by atoms with van der Waals surface area (Å²) in [4.78, 5) is 29.3. The zero-order valence-electron chi connectivity index (χ0n) is 19.8. The maximum atomic E-state index is 13.5. The van der Waals surface area contributed by atoms with Crippen molar-refractivity contribution in [2.45, 2.75) is 32.9 Å². The van der Waals surface area contributed by atoms with E-state index >= 15 is 0 Å². The quantitative estimate of drug-likeness (QED) is 0.481. The third kappa shape index (κ3) is 4.12. The summed E-state index contributed by atoms with van der Waals surface area (Å²) in [6, 6.07) is 14.4. The van der Waals surface area contributed by atoms with E-state index in [-0.39, 0.29) is 11.9 Å². The van der Waals surface area contributed by atoms with Crippen LogP contribution in [0.2, 0.25) is 0 Å². The minimum Gasteiger partial charge on any atom is -0.467 e. The second kappa shape index (κ2) is 8.87. The van der Waals surface area contributed by atoms with E-state index in [0.29, 0.717) is 28.9 Å². The molecule has 1 saturated heterocycles. The summed E-state index contributed by atoms with van der Waals surface area (Å²) in [5.74, 6) is -0.243. The van der Waals surface area contributed by atoms with Crippen LogP contribution in [0.5, 0.6) is 6.01 Å². The van der Waals surface area contributed by atoms with Crippen LogP contribution in [0.25, 0.3) is 21.8 Å². The van der Waals surface area contributed by atoms with Crippen LogP contribution in [0.1, 0.15) is 29.9 Å². The number of fused-ring (bicyclic) bond motifs is 2. The van der Waals surface area contributed by atoms with Gasteiger partial charge >= 0.3 is 6.01 Å². The van der Waals surface area contributed by atoms with Crippen LogP contribution >= 0.6 is 0 Å². The first-order valence-electron chi connectivity index (χ1n) is 11.5. The number of pyridine rings is 1. The Labute approximate surface area is 198 Å². The number of nitrogens with one attached hydrogen (secondary N) is 2. The lowest BCUT2D eigenvalue weighted by molar-refractivity contribution is 0.102. The zero-order chi connectivity index (χ0) is 23.8. The normalized spacial score (nSPS) is 18.3. The third-order valence-electron chi connectivity index (χ3n) is 6.15. The fraction of sp³-hybridized carbons (Fsp3) is 0.308.